The van der Waals surface area contributed by atoms with Gasteiger partial charge in [-0.1, -0.05) is 11.6 Å². The van der Waals surface area contributed by atoms with E-state index in [0.717, 1.165) is 0 Å². The SMILES string of the molecule is COc1cc2c(Oc3ccc(NC(=O)C4(C(=O)Nc5ccc(F)cc5)CC4)cc3Cl)ccnc2cc1OCC(=O)O.[KH]. The molecule has 1 fully saturated rings. The van der Waals surface area contributed by atoms with E-state index < -0.39 is 35.6 Å². The molecule has 0 bridgehead atoms. The standard InChI is InChI=1S/C29H23ClFN3O7.K.H/c1-39-24-13-19-21(14-25(24)40-15-26(35)36)32-11-8-22(19)41-23-7-6-18(12-20(23)30)34-28(38)29(9-10-29)27(37)33-17-4-2-16(31)3-5-17;;/h2-8,11-14H,9-10,15H2,1H3,(H,33,37)(H,34,38)(H,35,36);;. The number of methoxy groups -OCH3 is 1. The second-order valence-electron chi connectivity index (χ2n) is 9.26. The van der Waals surface area contributed by atoms with Crippen LogP contribution < -0.4 is 24.8 Å². The van der Waals surface area contributed by atoms with E-state index in [1.54, 1.807) is 30.3 Å². The van der Waals surface area contributed by atoms with Gasteiger partial charge in [0.25, 0.3) is 0 Å². The van der Waals surface area contributed by atoms with Gasteiger partial charge in [-0.3, -0.25) is 14.6 Å². The minimum atomic E-state index is -1.22. The van der Waals surface area contributed by atoms with Crippen molar-refractivity contribution in [3.05, 3.63) is 77.7 Å². The van der Waals surface area contributed by atoms with Crippen LogP contribution in [0.15, 0.2) is 66.9 Å². The molecule has 0 radical (unpaired) electrons. The zero-order valence-corrected chi connectivity index (χ0v) is 22.3. The number of carboxylic acid groups (broad SMARTS) is 1. The van der Waals surface area contributed by atoms with E-state index in [1.165, 1.54) is 43.6 Å². The molecule has 1 aromatic heterocycles. The normalized spacial score (nSPS) is 12.9. The number of hydrogen-bond donors (Lipinski definition) is 3. The first-order valence-electron chi connectivity index (χ1n) is 12.4. The Labute approximate surface area is 286 Å². The third kappa shape index (κ3) is 7.02. The maximum atomic E-state index is 13.2. The number of carbonyl (C=O) groups excluding carboxylic acids is 2. The fraction of sp³-hybridized carbons (Fsp3) is 0.172. The predicted octanol–water partition coefficient (Wildman–Crippen LogP) is 5.00. The van der Waals surface area contributed by atoms with Crippen molar-refractivity contribution in [3.63, 3.8) is 0 Å². The average molecular weight is 620 g/mol. The summed E-state index contributed by atoms with van der Waals surface area (Å²) in [4.78, 5) is 41.0. The molecule has 13 heteroatoms. The summed E-state index contributed by atoms with van der Waals surface area (Å²) < 4.78 is 29.8. The first-order chi connectivity index (χ1) is 19.7. The molecule has 0 atom stereocenters. The number of hydrogen-bond acceptors (Lipinski definition) is 7. The molecule has 1 saturated carbocycles. The van der Waals surface area contributed by atoms with Gasteiger partial charge in [0.2, 0.25) is 11.8 Å². The summed E-state index contributed by atoms with van der Waals surface area (Å²) >= 11 is 6.48. The summed E-state index contributed by atoms with van der Waals surface area (Å²) in [6.07, 6.45) is 2.27. The number of nitrogens with one attached hydrogen (secondary N) is 2. The number of rotatable bonds is 10. The van der Waals surface area contributed by atoms with Crippen molar-refractivity contribution >= 4 is 103 Å². The summed E-state index contributed by atoms with van der Waals surface area (Å²) in [5, 5.41) is 15.1. The van der Waals surface area contributed by atoms with Gasteiger partial charge in [-0.15, -0.1) is 0 Å². The fourth-order valence-electron chi connectivity index (χ4n) is 4.13. The third-order valence-corrected chi connectivity index (χ3v) is 6.76. The Hall–Kier alpha value is -3.26. The van der Waals surface area contributed by atoms with E-state index >= 15 is 0 Å². The number of fused-ring (bicyclic) bond motifs is 1. The molecule has 1 heterocycles. The molecule has 2 amide bonds. The second kappa shape index (κ2) is 13.4. The van der Waals surface area contributed by atoms with Crippen LogP contribution in [0.2, 0.25) is 5.02 Å². The zero-order chi connectivity index (χ0) is 29.1. The van der Waals surface area contributed by atoms with Crippen LogP contribution in [0.5, 0.6) is 23.0 Å². The topological polar surface area (TPSA) is 136 Å². The summed E-state index contributed by atoms with van der Waals surface area (Å²) in [6, 6.07) is 14.8. The van der Waals surface area contributed by atoms with Gasteiger partial charge in [-0.05, 0) is 67.4 Å². The van der Waals surface area contributed by atoms with E-state index in [1.807, 2.05) is 0 Å². The number of carboxylic acids is 1. The number of carbonyl (C=O) groups is 3. The Kier molecular flexibility index (Phi) is 10.1. The Morgan fingerprint density at radius 2 is 1.60 bits per heavy atom. The van der Waals surface area contributed by atoms with Gasteiger partial charge < -0.3 is 30.0 Å². The molecule has 10 nitrogen and oxygen atoms in total. The Balaban J connectivity index is 0.00000405. The Morgan fingerprint density at radius 1 is 0.929 bits per heavy atom. The second-order valence-corrected chi connectivity index (χ2v) is 9.66. The number of amides is 2. The first-order valence-corrected chi connectivity index (χ1v) is 12.7. The molecule has 5 rings (SSSR count). The molecule has 1 aliphatic rings. The minimum absolute atomic E-state index is 0. The number of aliphatic carboxylic acids is 1. The van der Waals surface area contributed by atoms with Crippen LogP contribution in [-0.4, -0.2) is 93.0 Å². The summed E-state index contributed by atoms with van der Waals surface area (Å²) in [6.45, 7) is -0.545. The summed E-state index contributed by atoms with van der Waals surface area (Å²) in [5.74, 6) is -1.32. The van der Waals surface area contributed by atoms with Crippen molar-refractivity contribution < 1.29 is 38.1 Å². The van der Waals surface area contributed by atoms with E-state index in [0.29, 0.717) is 46.6 Å². The average Bonchev–Trinajstić information content (AvgIpc) is 3.77. The Morgan fingerprint density at radius 3 is 2.21 bits per heavy atom. The van der Waals surface area contributed by atoms with Crippen molar-refractivity contribution in [2.45, 2.75) is 12.8 Å². The van der Waals surface area contributed by atoms with Gasteiger partial charge in [-0.2, -0.15) is 0 Å². The summed E-state index contributed by atoms with van der Waals surface area (Å²) in [5.41, 5.74) is 0.00949. The van der Waals surface area contributed by atoms with Crippen molar-refractivity contribution in [1.82, 2.24) is 4.98 Å². The van der Waals surface area contributed by atoms with Crippen LogP contribution in [0, 0.1) is 11.2 Å². The molecule has 0 aliphatic heterocycles. The zero-order valence-electron chi connectivity index (χ0n) is 21.6. The van der Waals surface area contributed by atoms with Crippen LogP contribution in [0.3, 0.4) is 0 Å². The number of benzene rings is 3. The van der Waals surface area contributed by atoms with Crippen LogP contribution in [0.4, 0.5) is 15.8 Å². The quantitative estimate of drug-likeness (QED) is 0.167. The van der Waals surface area contributed by atoms with E-state index in [2.05, 4.69) is 15.6 Å². The van der Waals surface area contributed by atoms with Gasteiger partial charge in [0.1, 0.15) is 22.7 Å². The van der Waals surface area contributed by atoms with E-state index in [9.17, 15) is 18.8 Å². The van der Waals surface area contributed by atoms with Crippen LogP contribution >= 0.6 is 11.6 Å². The number of ether oxygens (including phenoxy) is 3. The van der Waals surface area contributed by atoms with Gasteiger partial charge >= 0.3 is 57.4 Å². The van der Waals surface area contributed by atoms with Gasteiger partial charge in [0.05, 0.1) is 17.6 Å². The van der Waals surface area contributed by atoms with Crippen molar-refractivity contribution in [3.8, 4) is 23.0 Å². The van der Waals surface area contributed by atoms with E-state index in [-0.39, 0.29) is 67.9 Å². The van der Waals surface area contributed by atoms with Gasteiger partial charge in [0, 0.05) is 29.0 Å². The van der Waals surface area contributed by atoms with Crippen LogP contribution in [0.1, 0.15) is 12.8 Å². The molecule has 212 valence electrons. The fourth-order valence-corrected chi connectivity index (χ4v) is 4.35. The predicted molar refractivity (Wildman–Crippen MR) is 155 cm³/mol. The molecule has 0 saturated heterocycles. The Bertz CT molecular complexity index is 1670. The molecule has 3 N–H and O–H groups in total. The van der Waals surface area contributed by atoms with Gasteiger partial charge in [-0.25, -0.2) is 9.18 Å². The monoisotopic (exact) mass is 619 g/mol. The molecule has 3 aromatic carbocycles. The first kappa shape index (κ1) is 31.7. The molecule has 42 heavy (non-hydrogen) atoms. The van der Waals surface area contributed by atoms with Gasteiger partial charge in [0.15, 0.2) is 18.1 Å². The number of nitrogens with zero attached hydrogens (tertiary/aromatic N) is 1. The molecule has 0 unspecified atom stereocenters. The van der Waals surface area contributed by atoms with Crippen LogP contribution in [-0.2, 0) is 14.4 Å². The number of pyridine rings is 1. The van der Waals surface area contributed by atoms with Crippen molar-refractivity contribution in [2.75, 3.05) is 24.4 Å². The number of aromatic nitrogens is 1. The third-order valence-electron chi connectivity index (χ3n) is 6.47. The maximum absolute atomic E-state index is 13.2. The summed E-state index contributed by atoms with van der Waals surface area (Å²) in [7, 11) is 1.42. The molecule has 4 aromatic rings. The van der Waals surface area contributed by atoms with Crippen LogP contribution in [0.25, 0.3) is 10.9 Å². The number of halogens is 2. The van der Waals surface area contributed by atoms with Crippen molar-refractivity contribution in [2.24, 2.45) is 5.41 Å². The molecular formula is C29H24ClFKN3O7. The van der Waals surface area contributed by atoms with E-state index in [4.69, 9.17) is 30.9 Å². The number of anilines is 2. The molecular weight excluding hydrogens is 596 g/mol. The molecule has 0 spiro atoms. The van der Waals surface area contributed by atoms with Crippen molar-refractivity contribution in [1.29, 1.82) is 0 Å². The molecule has 1 aliphatic carbocycles.